The molecule has 0 radical (unpaired) electrons. The average Bonchev–Trinajstić information content (AvgIpc) is 1.68. The van der Waals surface area contributed by atoms with Crippen molar-refractivity contribution in [3.63, 3.8) is 0 Å². The van der Waals surface area contributed by atoms with Crippen LogP contribution in [0.3, 0.4) is 0 Å². The Hall–Kier alpha value is -0.0200. The van der Waals surface area contributed by atoms with Gasteiger partial charge in [-0.05, 0) is 19.3 Å². The monoisotopic (exact) mass is 121 g/mol. The average molecular weight is 121 g/mol. The van der Waals surface area contributed by atoms with Crippen molar-refractivity contribution >= 4 is 15.1 Å². The van der Waals surface area contributed by atoms with Crippen LogP contribution in [-0.4, -0.2) is 22.9 Å². The van der Waals surface area contributed by atoms with E-state index in [0.717, 1.165) is 0 Å². The molecule has 1 atom stereocenters. The van der Waals surface area contributed by atoms with Crippen LogP contribution in [0.2, 0.25) is 0 Å². The van der Waals surface area contributed by atoms with Crippen molar-refractivity contribution < 1.29 is 4.21 Å². The van der Waals surface area contributed by atoms with Crippen LogP contribution in [0.25, 0.3) is 0 Å². The topological polar surface area (TPSA) is 29.1 Å². The van der Waals surface area contributed by atoms with E-state index in [1.54, 1.807) is 25.6 Å². The molecule has 2 nitrogen and oxygen atoms in total. The molecular weight excluding hydrogens is 110 g/mol. The number of nitrogens with one attached hydrogen (secondary N) is 1. The van der Waals surface area contributed by atoms with Gasteiger partial charge in [0.15, 0.2) is 0 Å². The Kier molecular flexibility index (Phi) is 2.32. The van der Waals surface area contributed by atoms with Crippen LogP contribution in [0.4, 0.5) is 0 Å². The summed E-state index contributed by atoms with van der Waals surface area (Å²) < 4.78 is 13.4. The zero-order chi connectivity index (χ0) is 5.91. The molecule has 0 fully saturated rings. The SMILES string of the molecule is CC=S(C)(=O)NC. The maximum atomic E-state index is 10.8. The van der Waals surface area contributed by atoms with Gasteiger partial charge in [-0.15, -0.1) is 0 Å². The molecule has 0 aromatic rings. The molecule has 0 aliphatic carbocycles. The molecule has 1 N–H and O–H groups in total. The highest BCUT2D eigenvalue weighted by atomic mass is 32.2. The van der Waals surface area contributed by atoms with Gasteiger partial charge in [0.2, 0.25) is 0 Å². The predicted octanol–water partition coefficient (Wildman–Crippen LogP) is -0.143. The summed E-state index contributed by atoms with van der Waals surface area (Å²) in [6.07, 6.45) is 1.66. The molecule has 0 aliphatic heterocycles. The minimum atomic E-state index is -1.78. The van der Waals surface area contributed by atoms with E-state index in [-0.39, 0.29) is 0 Å². The van der Waals surface area contributed by atoms with E-state index < -0.39 is 9.71 Å². The number of hydrogen-bond donors (Lipinski definition) is 1. The summed E-state index contributed by atoms with van der Waals surface area (Å²) in [7, 11) is -0.0995. The van der Waals surface area contributed by atoms with Crippen molar-refractivity contribution in [2.75, 3.05) is 13.3 Å². The molecule has 0 rings (SSSR count). The van der Waals surface area contributed by atoms with Gasteiger partial charge in [-0.1, -0.05) is 0 Å². The summed E-state index contributed by atoms with van der Waals surface area (Å²) in [5.41, 5.74) is 0. The maximum absolute atomic E-state index is 10.8. The molecule has 7 heavy (non-hydrogen) atoms. The summed E-state index contributed by atoms with van der Waals surface area (Å²) in [5.74, 6) is 0. The van der Waals surface area contributed by atoms with E-state index in [1.165, 1.54) is 0 Å². The highest BCUT2D eigenvalue weighted by Crippen LogP contribution is 1.69. The molecule has 0 aromatic heterocycles. The Morgan fingerprint density at radius 1 is 1.71 bits per heavy atom. The lowest BCUT2D eigenvalue weighted by molar-refractivity contribution is 0.679. The molecule has 0 bridgehead atoms. The summed E-state index contributed by atoms with van der Waals surface area (Å²) in [6.45, 7) is 1.78. The van der Waals surface area contributed by atoms with Crippen molar-refractivity contribution in [2.45, 2.75) is 6.92 Å². The van der Waals surface area contributed by atoms with Crippen molar-refractivity contribution in [2.24, 2.45) is 0 Å². The first-order valence-corrected chi connectivity index (χ1v) is 4.12. The van der Waals surface area contributed by atoms with Crippen LogP contribution in [-0.2, 0) is 9.71 Å². The third-order valence-electron chi connectivity index (χ3n) is 0.855. The molecular formula is C4H11NOS. The largest absolute Gasteiger partial charge is 0.253 e. The Labute approximate surface area is 45.1 Å². The Morgan fingerprint density at radius 2 is 2.14 bits per heavy atom. The Bertz CT molecular complexity index is 144. The lowest BCUT2D eigenvalue weighted by Crippen LogP contribution is -2.17. The summed E-state index contributed by atoms with van der Waals surface area (Å²) in [4.78, 5) is 0. The molecule has 1 unspecified atom stereocenters. The quantitative estimate of drug-likeness (QED) is 0.481. The van der Waals surface area contributed by atoms with Crippen LogP contribution < -0.4 is 4.72 Å². The predicted molar refractivity (Wildman–Crippen MR) is 34.9 cm³/mol. The van der Waals surface area contributed by atoms with E-state index in [2.05, 4.69) is 4.72 Å². The second-order valence-corrected chi connectivity index (χ2v) is 4.03. The van der Waals surface area contributed by atoms with Crippen molar-refractivity contribution in [3.8, 4) is 0 Å². The lowest BCUT2D eigenvalue weighted by atomic mass is 11.0. The molecule has 0 amide bonds. The van der Waals surface area contributed by atoms with Gasteiger partial charge in [-0.2, -0.15) is 0 Å². The van der Waals surface area contributed by atoms with Gasteiger partial charge in [0.1, 0.15) is 0 Å². The minimum Gasteiger partial charge on any atom is -0.253 e. The first-order valence-electron chi connectivity index (χ1n) is 2.09. The van der Waals surface area contributed by atoms with Gasteiger partial charge in [0.25, 0.3) is 0 Å². The zero-order valence-corrected chi connectivity index (χ0v) is 5.71. The van der Waals surface area contributed by atoms with Gasteiger partial charge in [-0.3, -0.25) is 4.21 Å². The fourth-order valence-corrected chi connectivity index (χ4v) is 0.354. The molecule has 44 valence electrons. The first kappa shape index (κ1) is 6.98. The van der Waals surface area contributed by atoms with Crippen molar-refractivity contribution in [1.82, 2.24) is 4.72 Å². The van der Waals surface area contributed by atoms with E-state index in [4.69, 9.17) is 0 Å². The van der Waals surface area contributed by atoms with E-state index in [0.29, 0.717) is 0 Å². The summed E-state index contributed by atoms with van der Waals surface area (Å²) in [5, 5.41) is 1.66. The molecule has 0 heterocycles. The smallest absolute Gasteiger partial charge is 0.0244 e. The fraction of sp³-hybridized carbons (Fsp3) is 0.750. The van der Waals surface area contributed by atoms with Crippen LogP contribution in [0.1, 0.15) is 6.92 Å². The van der Waals surface area contributed by atoms with E-state index in [1.807, 2.05) is 0 Å². The standard InChI is InChI=1S/C4H11NOS/c1-4-7(3,6)5-2/h4H,1-3H3,(H,5,6). The van der Waals surface area contributed by atoms with Crippen LogP contribution >= 0.6 is 0 Å². The third kappa shape index (κ3) is 2.65. The lowest BCUT2D eigenvalue weighted by Gasteiger charge is -1.96. The molecule has 0 spiro atoms. The van der Waals surface area contributed by atoms with Crippen LogP contribution in [0.5, 0.6) is 0 Å². The van der Waals surface area contributed by atoms with Gasteiger partial charge in [0.05, 0.1) is 0 Å². The molecule has 0 saturated carbocycles. The van der Waals surface area contributed by atoms with Gasteiger partial charge in [0, 0.05) is 16.0 Å². The minimum absolute atomic E-state index is 1.66. The zero-order valence-electron chi connectivity index (χ0n) is 4.89. The van der Waals surface area contributed by atoms with E-state index >= 15 is 0 Å². The van der Waals surface area contributed by atoms with Crippen molar-refractivity contribution in [3.05, 3.63) is 0 Å². The normalized spacial score (nSPS) is 18.1. The van der Waals surface area contributed by atoms with Gasteiger partial charge in [-0.25, -0.2) is 4.72 Å². The van der Waals surface area contributed by atoms with E-state index in [9.17, 15) is 4.21 Å². The number of rotatable bonds is 1. The first-order chi connectivity index (χ1) is 3.12. The van der Waals surface area contributed by atoms with Gasteiger partial charge < -0.3 is 0 Å². The third-order valence-corrected chi connectivity index (χ3v) is 2.57. The molecule has 3 heteroatoms. The highest BCUT2D eigenvalue weighted by molar-refractivity contribution is 7.98. The summed E-state index contributed by atoms with van der Waals surface area (Å²) in [6, 6.07) is 0. The van der Waals surface area contributed by atoms with Crippen molar-refractivity contribution in [1.29, 1.82) is 0 Å². The maximum Gasteiger partial charge on any atom is 0.0244 e. The second-order valence-electron chi connectivity index (χ2n) is 1.34. The molecule has 0 saturated heterocycles. The molecule has 0 aromatic carbocycles. The van der Waals surface area contributed by atoms with Gasteiger partial charge >= 0.3 is 0 Å². The Morgan fingerprint density at radius 3 is 2.14 bits per heavy atom. The highest BCUT2D eigenvalue weighted by Gasteiger charge is 1.84. The number of hydrogen-bond acceptors (Lipinski definition) is 1. The summed E-state index contributed by atoms with van der Waals surface area (Å²) >= 11 is 0. The Balaban J connectivity index is 4.17. The second kappa shape index (κ2) is 2.33. The molecule has 0 aliphatic rings. The fourth-order valence-electron chi connectivity index (χ4n) is 0.118. The van der Waals surface area contributed by atoms with Crippen LogP contribution in [0, 0.1) is 0 Å². The van der Waals surface area contributed by atoms with Crippen LogP contribution in [0.15, 0.2) is 0 Å².